The molecule has 0 aliphatic heterocycles. The Morgan fingerprint density at radius 1 is 0.706 bits per heavy atom. The van der Waals surface area contributed by atoms with E-state index in [0.29, 0.717) is 0 Å². The highest BCUT2D eigenvalue weighted by atomic mass is 35.7. The fraction of sp³-hybridized carbons (Fsp3) is 0.0769. The van der Waals surface area contributed by atoms with Crippen molar-refractivity contribution < 1.29 is 0 Å². The average molecular weight is 305 g/mol. The number of hydrogen-bond acceptors (Lipinski definition) is 0. The molecule has 4 heteroatoms. The Bertz CT molecular complexity index is 431. The Morgan fingerprint density at radius 3 is 1.35 bits per heavy atom. The van der Waals surface area contributed by atoms with Gasteiger partial charge in [0, 0.05) is 0 Å². The van der Waals surface area contributed by atoms with Gasteiger partial charge in [-0.15, -0.1) is 0 Å². The molecule has 0 heterocycles. The normalized spacial score (nSPS) is 11.8. The van der Waals surface area contributed by atoms with E-state index < -0.39 is 11.2 Å². The molecule has 0 N–H and O–H groups in total. The summed E-state index contributed by atoms with van der Waals surface area (Å²) in [7, 11) is 0. The number of halogens is 3. The van der Waals surface area contributed by atoms with Crippen molar-refractivity contribution in [3.05, 3.63) is 60.7 Å². The SMILES string of the molecule is ClC(Cl)[P+](Cl)(c1ccccc1)c1ccccc1. The molecule has 2 aromatic carbocycles. The number of rotatable bonds is 3. The van der Waals surface area contributed by atoms with Crippen LogP contribution in [0.5, 0.6) is 0 Å². The number of alkyl halides is 2. The predicted octanol–water partition coefficient (Wildman–Crippen LogP) is 4.57. The molecule has 0 saturated heterocycles. The van der Waals surface area contributed by atoms with Crippen molar-refractivity contribution in [2.75, 3.05) is 0 Å². The molecule has 17 heavy (non-hydrogen) atoms. The summed E-state index contributed by atoms with van der Waals surface area (Å²) in [4.78, 5) is 0. The zero-order valence-electron chi connectivity index (χ0n) is 8.93. The third kappa shape index (κ3) is 2.61. The first kappa shape index (κ1) is 13.2. The molecule has 0 nitrogen and oxygen atoms in total. The van der Waals surface area contributed by atoms with Crippen LogP contribution in [0.15, 0.2) is 60.7 Å². The van der Waals surface area contributed by atoms with Crippen LogP contribution in [0.2, 0.25) is 0 Å². The second kappa shape index (κ2) is 5.59. The first-order valence-corrected chi connectivity index (χ1v) is 8.77. The van der Waals surface area contributed by atoms with Crippen molar-refractivity contribution in [2.45, 2.75) is 4.58 Å². The molecule has 2 rings (SSSR count). The van der Waals surface area contributed by atoms with Gasteiger partial charge in [0.25, 0.3) is 0 Å². The molecule has 0 radical (unpaired) electrons. The fourth-order valence-electron chi connectivity index (χ4n) is 1.66. The summed E-state index contributed by atoms with van der Waals surface area (Å²) in [5, 5.41) is 2.01. The van der Waals surface area contributed by atoms with E-state index in [0.717, 1.165) is 10.6 Å². The molecule has 0 unspecified atom stereocenters. The van der Waals surface area contributed by atoms with E-state index in [1.807, 2.05) is 60.7 Å². The highest BCUT2D eigenvalue weighted by Crippen LogP contribution is 2.68. The van der Waals surface area contributed by atoms with E-state index in [4.69, 9.17) is 34.4 Å². The van der Waals surface area contributed by atoms with Gasteiger partial charge in [-0.1, -0.05) is 59.6 Å². The summed E-state index contributed by atoms with van der Waals surface area (Å²) in [5.41, 5.74) is 0. The van der Waals surface area contributed by atoms with E-state index in [9.17, 15) is 0 Å². The smallest absolute Gasteiger partial charge is 0.0620 e. The van der Waals surface area contributed by atoms with Crippen LogP contribution in [0.1, 0.15) is 0 Å². The molecule has 0 spiro atoms. The molecule has 2 aromatic rings. The zero-order chi connectivity index (χ0) is 12.3. The molecule has 0 aliphatic rings. The van der Waals surface area contributed by atoms with Crippen LogP contribution >= 0.6 is 41.1 Å². The minimum Gasteiger partial charge on any atom is -0.0620 e. The molecule has 0 saturated carbocycles. The Balaban J connectivity index is 2.55. The quantitative estimate of drug-likeness (QED) is 0.575. The van der Waals surface area contributed by atoms with Crippen molar-refractivity contribution in [3.63, 3.8) is 0 Å². The predicted molar refractivity (Wildman–Crippen MR) is 80.4 cm³/mol. The lowest BCUT2D eigenvalue weighted by molar-refractivity contribution is 1.72. The van der Waals surface area contributed by atoms with Gasteiger partial charge in [0.05, 0.1) is 0 Å². The van der Waals surface area contributed by atoms with Crippen LogP contribution in [-0.2, 0) is 0 Å². The maximum Gasteiger partial charge on any atom is 0.240 e. The van der Waals surface area contributed by atoms with Gasteiger partial charge in [-0.05, 0) is 24.3 Å². The van der Waals surface area contributed by atoms with Crippen LogP contribution < -0.4 is 10.6 Å². The maximum atomic E-state index is 6.77. The molecule has 0 aliphatic carbocycles. The number of benzene rings is 2. The van der Waals surface area contributed by atoms with E-state index >= 15 is 0 Å². The van der Waals surface area contributed by atoms with E-state index in [1.54, 1.807) is 0 Å². The zero-order valence-corrected chi connectivity index (χ0v) is 12.1. The van der Waals surface area contributed by atoms with Gasteiger partial charge in [-0.2, -0.15) is 0 Å². The van der Waals surface area contributed by atoms with Gasteiger partial charge in [0.1, 0.15) is 21.8 Å². The third-order valence-electron chi connectivity index (χ3n) is 2.53. The molecule has 0 aromatic heterocycles. The Morgan fingerprint density at radius 2 is 1.06 bits per heavy atom. The van der Waals surface area contributed by atoms with Crippen molar-refractivity contribution in [1.82, 2.24) is 0 Å². The van der Waals surface area contributed by atoms with Crippen LogP contribution in [0.3, 0.4) is 0 Å². The fourth-order valence-corrected chi connectivity index (χ4v) is 5.65. The summed E-state index contributed by atoms with van der Waals surface area (Å²) in [6.45, 7) is -2.24. The molecule has 0 bridgehead atoms. The molecule has 0 amide bonds. The van der Waals surface area contributed by atoms with Crippen LogP contribution in [0, 0.1) is 0 Å². The van der Waals surface area contributed by atoms with Gasteiger partial charge in [0.15, 0.2) is 0 Å². The average Bonchev–Trinajstić information content (AvgIpc) is 2.39. The van der Waals surface area contributed by atoms with Gasteiger partial charge >= 0.3 is 0 Å². The molecule has 0 atom stereocenters. The van der Waals surface area contributed by atoms with Crippen LogP contribution in [-0.4, -0.2) is 4.58 Å². The van der Waals surface area contributed by atoms with Crippen LogP contribution in [0.25, 0.3) is 0 Å². The number of hydrogen-bond donors (Lipinski definition) is 0. The molecule has 88 valence electrons. The molecular weight excluding hydrogens is 293 g/mol. The lowest BCUT2D eigenvalue weighted by Crippen LogP contribution is -2.22. The van der Waals surface area contributed by atoms with Gasteiger partial charge < -0.3 is 0 Å². The van der Waals surface area contributed by atoms with E-state index in [-0.39, 0.29) is 0 Å². The minimum atomic E-state index is -2.24. The van der Waals surface area contributed by atoms with Gasteiger partial charge in [-0.25, -0.2) is 0 Å². The summed E-state index contributed by atoms with van der Waals surface area (Å²) < 4.78 is -0.617. The Labute approximate surface area is 117 Å². The van der Waals surface area contributed by atoms with Crippen LogP contribution in [0.4, 0.5) is 0 Å². The monoisotopic (exact) mass is 303 g/mol. The summed E-state index contributed by atoms with van der Waals surface area (Å²) in [5.74, 6) is 0. The third-order valence-corrected chi connectivity index (χ3v) is 9.28. The second-order valence-corrected chi connectivity index (χ2v) is 9.71. The van der Waals surface area contributed by atoms with Crippen molar-refractivity contribution in [1.29, 1.82) is 0 Å². The highest BCUT2D eigenvalue weighted by molar-refractivity contribution is 8.12. The van der Waals surface area contributed by atoms with E-state index in [2.05, 4.69) is 0 Å². The Hall–Kier alpha value is -0.260. The minimum absolute atomic E-state index is 0.617. The highest BCUT2D eigenvalue weighted by Gasteiger charge is 2.48. The second-order valence-electron chi connectivity index (χ2n) is 3.59. The lowest BCUT2D eigenvalue weighted by Gasteiger charge is -2.19. The topological polar surface area (TPSA) is 0 Å². The van der Waals surface area contributed by atoms with Crippen molar-refractivity contribution >= 4 is 51.7 Å². The van der Waals surface area contributed by atoms with Crippen molar-refractivity contribution in [2.24, 2.45) is 0 Å². The maximum absolute atomic E-state index is 6.77. The first-order valence-electron chi connectivity index (χ1n) is 5.13. The Kier molecular flexibility index (Phi) is 4.33. The standard InChI is InChI=1S/C13H11Cl3P/c14-13(15)17(16,11-7-3-1-4-8-11)12-9-5-2-6-10-12/h1-10,13H/q+1. The van der Waals surface area contributed by atoms with E-state index in [1.165, 1.54) is 0 Å². The molecular formula is C13H11Cl3P+. The first-order chi connectivity index (χ1) is 8.15. The van der Waals surface area contributed by atoms with Gasteiger partial charge in [-0.3, -0.25) is 0 Å². The lowest BCUT2D eigenvalue weighted by atomic mass is 10.4. The largest absolute Gasteiger partial charge is 0.240 e. The van der Waals surface area contributed by atoms with Crippen molar-refractivity contribution in [3.8, 4) is 0 Å². The molecule has 0 fully saturated rings. The summed E-state index contributed by atoms with van der Waals surface area (Å²) >= 11 is 19.0. The van der Waals surface area contributed by atoms with Gasteiger partial charge in [0.2, 0.25) is 11.2 Å². The summed E-state index contributed by atoms with van der Waals surface area (Å²) in [6.07, 6.45) is 0. The summed E-state index contributed by atoms with van der Waals surface area (Å²) in [6, 6.07) is 19.6.